The largest absolute Gasteiger partial charge is 0.494 e. The second-order valence-electron chi connectivity index (χ2n) is 5.33. The molecule has 0 atom stereocenters. The summed E-state index contributed by atoms with van der Waals surface area (Å²) < 4.78 is 6.64. The van der Waals surface area contributed by atoms with Crippen LogP contribution in [0.25, 0.3) is 6.08 Å². The third kappa shape index (κ3) is 6.03. The molecule has 120 valence electrons. The number of rotatable bonds is 8. The summed E-state index contributed by atoms with van der Waals surface area (Å²) in [6, 6.07) is 15.2. The van der Waals surface area contributed by atoms with E-state index in [1.165, 1.54) is 12.8 Å². The van der Waals surface area contributed by atoms with Gasteiger partial charge in [0.1, 0.15) is 5.75 Å². The maximum atomic E-state index is 12.1. The molecule has 0 fully saturated rings. The summed E-state index contributed by atoms with van der Waals surface area (Å²) in [6.45, 7) is 2.93. The fraction of sp³-hybridized carbons (Fsp3) is 0.250. The molecule has 0 heterocycles. The fourth-order valence-corrected chi connectivity index (χ4v) is 2.36. The number of carbonyl (C=O) groups excluding carboxylic acids is 1. The van der Waals surface area contributed by atoms with Crippen molar-refractivity contribution in [1.29, 1.82) is 0 Å². The Kier molecular flexibility index (Phi) is 7.08. The lowest BCUT2D eigenvalue weighted by Gasteiger charge is -2.05. The van der Waals surface area contributed by atoms with Crippen LogP contribution in [-0.4, -0.2) is 12.4 Å². The van der Waals surface area contributed by atoms with Gasteiger partial charge in [-0.05, 0) is 54.5 Å². The number of unbranched alkanes of at least 4 members (excludes halogenated alkanes) is 2. The van der Waals surface area contributed by atoms with Crippen LogP contribution in [0.5, 0.6) is 5.75 Å². The van der Waals surface area contributed by atoms with Gasteiger partial charge in [0.05, 0.1) is 6.61 Å². The van der Waals surface area contributed by atoms with E-state index in [-0.39, 0.29) is 5.78 Å². The van der Waals surface area contributed by atoms with Crippen molar-refractivity contribution in [1.82, 2.24) is 0 Å². The monoisotopic (exact) mass is 372 g/mol. The van der Waals surface area contributed by atoms with Crippen molar-refractivity contribution in [2.75, 3.05) is 6.61 Å². The van der Waals surface area contributed by atoms with Crippen molar-refractivity contribution < 1.29 is 9.53 Å². The average molecular weight is 373 g/mol. The number of carbonyl (C=O) groups is 1. The van der Waals surface area contributed by atoms with Gasteiger partial charge in [0.25, 0.3) is 0 Å². The van der Waals surface area contributed by atoms with Crippen LogP contribution in [0.4, 0.5) is 0 Å². The highest BCUT2D eigenvalue weighted by molar-refractivity contribution is 9.10. The van der Waals surface area contributed by atoms with Crippen LogP contribution in [0.3, 0.4) is 0 Å². The standard InChI is InChI=1S/C20H21BrO2/c1-2-3-4-15-23-19-12-5-16(6-13-19)7-14-20(22)17-8-10-18(21)11-9-17/h5-14H,2-4,15H2,1H3. The van der Waals surface area contributed by atoms with Gasteiger partial charge in [-0.3, -0.25) is 4.79 Å². The summed E-state index contributed by atoms with van der Waals surface area (Å²) in [4.78, 5) is 12.1. The predicted molar refractivity (Wildman–Crippen MR) is 99.0 cm³/mol. The lowest BCUT2D eigenvalue weighted by atomic mass is 10.1. The van der Waals surface area contributed by atoms with Crippen molar-refractivity contribution in [3.8, 4) is 5.75 Å². The molecule has 0 amide bonds. The van der Waals surface area contributed by atoms with Gasteiger partial charge in [0, 0.05) is 10.0 Å². The molecule has 0 bridgehead atoms. The third-order valence-corrected chi connectivity index (χ3v) is 3.98. The van der Waals surface area contributed by atoms with E-state index in [2.05, 4.69) is 22.9 Å². The molecule has 0 aliphatic carbocycles. The molecule has 0 aliphatic heterocycles. The number of allylic oxidation sites excluding steroid dienone is 1. The summed E-state index contributed by atoms with van der Waals surface area (Å²) in [6.07, 6.45) is 6.89. The van der Waals surface area contributed by atoms with Gasteiger partial charge in [-0.25, -0.2) is 0 Å². The quantitative estimate of drug-likeness (QED) is 0.326. The van der Waals surface area contributed by atoms with Gasteiger partial charge in [-0.2, -0.15) is 0 Å². The normalized spacial score (nSPS) is 10.9. The molecule has 2 rings (SSSR count). The number of hydrogen-bond donors (Lipinski definition) is 0. The Bertz CT molecular complexity index is 642. The highest BCUT2D eigenvalue weighted by Crippen LogP contribution is 2.15. The topological polar surface area (TPSA) is 26.3 Å². The van der Waals surface area contributed by atoms with Crippen molar-refractivity contribution in [2.24, 2.45) is 0 Å². The maximum Gasteiger partial charge on any atom is 0.185 e. The Morgan fingerprint density at radius 3 is 2.39 bits per heavy atom. The second kappa shape index (κ2) is 9.31. The lowest BCUT2D eigenvalue weighted by molar-refractivity contribution is 0.104. The van der Waals surface area contributed by atoms with Gasteiger partial charge in [-0.1, -0.05) is 53.9 Å². The molecule has 0 aromatic heterocycles. The molecule has 0 aliphatic rings. The molecular weight excluding hydrogens is 352 g/mol. The van der Waals surface area contributed by atoms with Crippen LogP contribution >= 0.6 is 15.9 Å². The highest BCUT2D eigenvalue weighted by atomic mass is 79.9. The van der Waals surface area contributed by atoms with E-state index in [0.717, 1.165) is 28.8 Å². The molecule has 0 unspecified atom stereocenters. The molecular formula is C20H21BrO2. The Hall–Kier alpha value is -1.87. The first-order chi connectivity index (χ1) is 11.2. The van der Waals surface area contributed by atoms with Gasteiger partial charge < -0.3 is 4.74 Å². The summed E-state index contributed by atoms with van der Waals surface area (Å²) in [5.74, 6) is 0.870. The predicted octanol–water partition coefficient (Wildman–Crippen LogP) is 5.91. The van der Waals surface area contributed by atoms with E-state index < -0.39 is 0 Å². The van der Waals surface area contributed by atoms with Crippen LogP contribution in [0.1, 0.15) is 42.1 Å². The maximum absolute atomic E-state index is 12.1. The fourth-order valence-electron chi connectivity index (χ4n) is 2.10. The first-order valence-corrected chi connectivity index (χ1v) is 8.69. The van der Waals surface area contributed by atoms with Gasteiger partial charge >= 0.3 is 0 Å². The van der Waals surface area contributed by atoms with E-state index in [0.29, 0.717) is 5.56 Å². The second-order valence-corrected chi connectivity index (χ2v) is 6.24. The van der Waals surface area contributed by atoms with E-state index in [1.54, 1.807) is 6.08 Å². The van der Waals surface area contributed by atoms with E-state index in [4.69, 9.17) is 4.74 Å². The van der Waals surface area contributed by atoms with Crippen LogP contribution in [-0.2, 0) is 0 Å². The number of benzene rings is 2. The molecule has 0 saturated carbocycles. The Morgan fingerprint density at radius 2 is 1.74 bits per heavy atom. The number of ketones is 1. The van der Waals surface area contributed by atoms with Crippen LogP contribution in [0.2, 0.25) is 0 Å². The molecule has 2 aromatic rings. The SMILES string of the molecule is CCCCCOc1ccc(C=CC(=O)c2ccc(Br)cc2)cc1. The molecule has 0 spiro atoms. The molecule has 3 heteroatoms. The minimum Gasteiger partial charge on any atom is -0.494 e. The Morgan fingerprint density at radius 1 is 1.04 bits per heavy atom. The molecule has 23 heavy (non-hydrogen) atoms. The number of halogens is 1. The van der Waals surface area contributed by atoms with E-state index in [9.17, 15) is 4.79 Å². The summed E-state index contributed by atoms with van der Waals surface area (Å²) in [7, 11) is 0. The van der Waals surface area contributed by atoms with Crippen LogP contribution in [0, 0.1) is 0 Å². The molecule has 0 saturated heterocycles. The van der Waals surface area contributed by atoms with Gasteiger partial charge in [0.15, 0.2) is 5.78 Å². The number of ether oxygens (including phenoxy) is 1. The highest BCUT2D eigenvalue weighted by Gasteiger charge is 2.01. The van der Waals surface area contributed by atoms with E-state index in [1.807, 2.05) is 54.6 Å². The van der Waals surface area contributed by atoms with Gasteiger partial charge in [-0.15, -0.1) is 0 Å². The van der Waals surface area contributed by atoms with Crippen molar-refractivity contribution >= 4 is 27.8 Å². The first kappa shape index (κ1) is 17.5. The number of hydrogen-bond acceptors (Lipinski definition) is 2. The zero-order valence-electron chi connectivity index (χ0n) is 13.3. The van der Waals surface area contributed by atoms with Crippen molar-refractivity contribution in [3.05, 3.63) is 70.2 Å². The van der Waals surface area contributed by atoms with Crippen molar-refractivity contribution in [2.45, 2.75) is 26.2 Å². The third-order valence-electron chi connectivity index (χ3n) is 3.45. The minimum atomic E-state index is -0.00241. The zero-order chi connectivity index (χ0) is 16.5. The Labute approximate surface area is 146 Å². The molecule has 2 nitrogen and oxygen atoms in total. The molecule has 0 radical (unpaired) electrons. The van der Waals surface area contributed by atoms with E-state index >= 15 is 0 Å². The van der Waals surface area contributed by atoms with Crippen molar-refractivity contribution in [3.63, 3.8) is 0 Å². The summed E-state index contributed by atoms with van der Waals surface area (Å²) >= 11 is 3.36. The summed E-state index contributed by atoms with van der Waals surface area (Å²) in [5, 5.41) is 0. The zero-order valence-corrected chi connectivity index (χ0v) is 14.9. The van der Waals surface area contributed by atoms with Gasteiger partial charge in [0.2, 0.25) is 0 Å². The minimum absolute atomic E-state index is 0.00241. The Balaban J connectivity index is 1.89. The molecule has 2 aromatic carbocycles. The molecule has 0 N–H and O–H groups in total. The van der Waals surface area contributed by atoms with Crippen LogP contribution < -0.4 is 4.74 Å². The first-order valence-electron chi connectivity index (χ1n) is 7.90. The lowest BCUT2D eigenvalue weighted by Crippen LogP contribution is -1.96. The smallest absolute Gasteiger partial charge is 0.185 e. The van der Waals surface area contributed by atoms with Crippen LogP contribution in [0.15, 0.2) is 59.1 Å². The summed E-state index contributed by atoms with van der Waals surface area (Å²) in [5.41, 5.74) is 1.66. The average Bonchev–Trinajstić information content (AvgIpc) is 2.58.